The second kappa shape index (κ2) is 6.81. The third-order valence-corrected chi connectivity index (χ3v) is 4.83. The van der Waals surface area contributed by atoms with Gasteiger partial charge in [-0.25, -0.2) is 4.79 Å². The van der Waals surface area contributed by atoms with E-state index in [1.54, 1.807) is 4.90 Å². The summed E-state index contributed by atoms with van der Waals surface area (Å²) in [6.45, 7) is 8.62. The van der Waals surface area contributed by atoms with E-state index in [9.17, 15) is 9.90 Å². The molecule has 1 aromatic rings. The molecule has 1 amide bonds. The van der Waals surface area contributed by atoms with Crippen LogP contribution < -0.4 is 0 Å². The minimum Gasteiger partial charge on any atom is -0.444 e. The van der Waals surface area contributed by atoms with Crippen molar-refractivity contribution >= 4 is 22.0 Å². The molecule has 0 spiro atoms. The molecular weight excluding hydrogens is 358 g/mol. The Bertz CT molecular complexity index is 548. The van der Waals surface area contributed by atoms with Gasteiger partial charge in [0.15, 0.2) is 0 Å². The Morgan fingerprint density at radius 3 is 2.43 bits per heavy atom. The van der Waals surface area contributed by atoms with E-state index in [1.165, 1.54) is 0 Å². The second-order valence-electron chi connectivity index (χ2n) is 7.42. The van der Waals surface area contributed by atoms with E-state index >= 15 is 0 Å². The first-order valence-corrected chi connectivity index (χ1v) is 8.85. The van der Waals surface area contributed by atoms with Crippen molar-refractivity contribution < 1.29 is 14.6 Å². The summed E-state index contributed by atoms with van der Waals surface area (Å²) in [4.78, 5) is 14.0. The topological polar surface area (TPSA) is 49.8 Å². The summed E-state index contributed by atoms with van der Waals surface area (Å²) in [5, 5.41) is 11.0. The zero-order chi connectivity index (χ0) is 17.3. The lowest BCUT2D eigenvalue weighted by molar-refractivity contribution is -0.0438. The van der Waals surface area contributed by atoms with E-state index in [1.807, 2.05) is 52.0 Å². The molecule has 2 atom stereocenters. The van der Waals surface area contributed by atoms with Crippen molar-refractivity contribution in [3.8, 4) is 0 Å². The number of halogens is 1. The van der Waals surface area contributed by atoms with Crippen LogP contribution in [0.4, 0.5) is 4.79 Å². The molecule has 4 nitrogen and oxygen atoms in total. The molecule has 0 bridgehead atoms. The van der Waals surface area contributed by atoms with E-state index < -0.39 is 11.2 Å². The van der Waals surface area contributed by atoms with Gasteiger partial charge in [-0.15, -0.1) is 0 Å². The number of likely N-dealkylation sites (tertiary alicyclic amines) is 1. The Kier molecular flexibility index (Phi) is 5.41. The molecule has 0 aromatic heterocycles. The minimum atomic E-state index is -0.971. The number of piperidine rings is 1. The summed E-state index contributed by atoms with van der Waals surface area (Å²) >= 11 is 3.41. The fourth-order valence-corrected chi connectivity index (χ4v) is 3.22. The maximum atomic E-state index is 12.3. The fourth-order valence-electron chi connectivity index (χ4n) is 2.95. The average Bonchev–Trinajstić information content (AvgIpc) is 2.46. The van der Waals surface area contributed by atoms with Gasteiger partial charge in [0.25, 0.3) is 0 Å². The van der Waals surface area contributed by atoms with Crippen LogP contribution in [0.2, 0.25) is 0 Å². The summed E-state index contributed by atoms with van der Waals surface area (Å²) < 4.78 is 6.44. The molecule has 2 rings (SSSR count). The van der Waals surface area contributed by atoms with Gasteiger partial charge in [-0.2, -0.15) is 0 Å². The maximum absolute atomic E-state index is 12.3. The zero-order valence-corrected chi connectivity index (χ0v) is 15.9. The lowest BCUT2D eigenvalue weighted by Crippen LogP contribution is -2.48. The Morgan fingerprint density at radius 2 is 1.87 bits per heavy atom. The molecule has 5 heteroatoms. The van der Waals surface area contributed by atoms with Gasteiger partial charge >= 0.3 is 6.09 Å². The van der Waals surface area contributed by atoms with Gasteiger partial charge in [-0.3, -0.25) is 0 Å². The van der Waals surface area contributed by atoms with Crippen molar-refractivity contribution in [2.75, 3.05) is 13.1 Å². The van der Waals surface area contributed by atoms with Crippen molar-refractivity contribution in [3.63, 3.8) is 0 Å². The number of carbonyl (C=O) groups is 1. The van der Waals surface area contributed by atoms with E-state index in [0.29, 0.717) is 13.1 Å². The Hall–Kier alpha value is -1.07. The molecule has 1 aliphatic heterocycles. The van der Waals surface area contributed by atoms with Crippen molar-refractivity contribution in [2.45, 2.75) is 51.7 Å². The van der Waals surface area contributed by atoms with E-state index in [4.69, 9.17) is 4.74 Å². The number of amides is 1. The molecule has 0 saturated carbocycles. The average molecular weight is 384 g/mol. The first kappa shape index (κ1) is 18.3. The van der Waals surface area contributed by atoms with Crippen molar-refractivity contribution in [1.29, 1.82) is 0 Å². The van der Waals surface area contributed by atoms with Crippen LogP contribution in [0.1, 0.15) is 46.1 Å². The number of hydrogen-bond acceptors (Lipinski definition) is 3. The Balaban J connectivity index is 2.10. The number of rotatable bonds is 2. The molecule has 1 heterocycles. The monoisotopic (exact) mass is 383 g/mol. The van der Waals surface area contributed by atoms with Crippen LogP contribution in [0.3, 0.4) is 0 Å². The molecule has 0 radical (unpaired) electrons. The van der Waals surface area contributed by atoms with Gasteiger partial charge in [-0.05, 0) is 58.2 Å². The van der Waals surface area contributed by atoms with Gasteiger partial charge in [0.2, 0.25) is 0 Å². The predicted molar refractivity (Wildman–Crippen MR) is 94.2 cm³/mol. The Labute approximate surface area is 147 Å². The zero-order valence-electron chi connectivity index (χ0n) is 14.3. The van der Waals surface area contributed by atoms with Gasteiger partial charge in [0, 0.05) is 23.5 Å². The highest BCUT2D eigenvalue weighted by Gasteiger charge is 2.38. The molecule has 1 fully saturated rings. The summed E-state index contributed by atoms with van der Waals surface area (Å²) in [5.74, 6) is -0.00931. The van der Waals surface area contributed by atoms with E-state index in [0.717, 1.165) is 22.9 Å². The normalized spacial score (nSPS) is 21.7. The highest BCUT2D eigenvalue weighted by atomic mass is 79.9. The summed E-state index contributed by atoms with van der Waals surface area (Å²) in [6.07, 6.45) is 1.47. The van der Waals surface area contributed by atoms with Gasteiger partial charge in [0.1, 0.15) is 5.60 Å². The molecule has 23 heavy (non-hydrogen) atoms. The highest BCUT2D eigenvalue weighted by Crippen LogP contribution is 2.36. The number of aliphatic hydroxyl groups is 1. The molecule has 1 aliphatic rings. The summed E-state index contributed by atoms with van der Waals surface area (Å²) in [6, 6.07) is 7.71. The van der Waals surface area contributed by atoms with Gasteiger partial charge in [-0.1, -0.05) is 28.1 Å². The third kappa shape index (κ3) is 4.70. The molecule has 128 valence electrons. The fraction of sp³-hybridized carbons (Fsp3) is 0.611. The maximum Gasteiger partial charge on any atom is 0.410 e. The number of ether oxygens (including phenoxy) is 1. The summed E-state index contributed by atoms with van der Waals surface area (Å²) in [5.41, 5.74) is -0.601. The first-order valence-electron chi connectivity index (χ1n) is 8.06. The molecule has 0 aliphatic carbocycles. The third-order valence-electron chi connectivity index (χ3n) is 4.30. The smallest absolute Gasteiger partial charge is 0.410 e. The van der Waals surface area contributed by atoms with Gasteiger partial charge in [0.05, 0.1) is 5.60 Å². The number of benzene rings is 1. The largest absolute Gasteiger partial charge is 0.444 e. The quantitative estimate of drug-likeness (QED) is 0.827. The molecule has 1 aromatic carbocycles. The second-order valence-corrected chi connectivity index (χ2v) is 8.34. The van der Waals surface area contributed by atoms with Crippen LogP contribution in [0.5, 0.6) is 0 Å². The first-order chi connectivity index (χ1) is 10.6. The van der Waals surface area contributed by atoms with Crippen molar-refractivity contribution in [1.82, 2.24) is 4.90 Å². The van der Waals surface area contributed by atoms with Crippen LogP contribution in [-0.4, -0.2) is 34.8 Å². The van der Waals surface area contributed by atoms with Crippen molar-refractivity contribution in [2.24, 2.45) is 5.92 Å². The lowest BCUT2D eigenvalue weighted by Gasteiger charge is -2.41. The summed E-state index contributed by atoms with van der Waals surface area (Å²) in [7, 11) is 0. The Morgan fingerprint density at radius 1 is 1.26 bits per heavy atom. The molecular formula is C18H26BrNO3. The van der Waals surface area contributed by atoms with E-state index in [-0.39, 0.29) is 12.0 Å². The number of carbonyl (C=O) groups excluding carboxylic acids is 1. The molecule has 1 saturated heterocycles. The molecule has 1 unspecified atom stereocenters. The van der Waals surface area contributed by atoms with Crippen LogP contribution in [0, 0.1) is 5.92 Å². The van der Waals surface area contributed by atoms with Crippen molar-refractivity contribution in [3.05, 3.63) is 34.3 Å². The number of nitrogens with zero attached hydrogens (tertiary/aromatic N) is 1. The van der Waals surface area contributed by atoms with Crippen LogP contribution in [0.15, 0.2) is 28.7 Å². The molecule has 1 N–H and O–H groups in total. The SMILES string of the molecule is CC(C)(C)OC(=O)N1CCC[C@H](C(C)(O)c2ccc(Br)cc2)C1. The standard InChI is InChI=1S/C18H26BrNO3/c1-17(2,3)23-16(21)20-11-5-6-14(12-20)18(4,22)13-7-9-15(19)10-8-13/h7-10,14,22H,5-6,11-12H2,1-4H3/t14-,18?/m0/s1. The van der Waals surface area contributed by atoms with Crippen LogP contribution >= 0.6 is 15.9 Å². The van der Waals surface area contributed by atoms with Gasteiger partial charge < -0.3 is 14.7 Å². The highest BCUT2D eigenvalue weighted by molar-refractivity contribution is 9.10. The lowest BCUT2D eigenvalue weighted by atomic mass is 9.78. The van der Waals surface area contributed by atoms with E-state index in [2.05, 4.69) is 15.9 Å². The predicted octanol–water partition coefficient (Wildman–Crippen LogP) is 4.30. The number of hydrogen-bond donors (Lipinski definition) is 1. The van der Waals surface area contributed by atoms with Crippen LogP contribution in [0.25, 0.3) is 0 Å². The minimum absolute atomic E-state index is 0.00931. The van der Waals surface area contributed by atoms with Crippen LogP contribution in [-0.2, 0) is 10.3 Å².